The lowest BCUT2D eigenvalue weighted by Crippen LogP contribution is -2.05. The third-order valence-electron chi connectivity index (χ3n) is 3.39. The minimum atomic E-state index is -1.14. The summed E-state index contributed by atoms with van der Waals surface area (Å²) in [5.74, 6) is -0.882. The first-order valence-electron chi connectivity index (χ1n) is 6.49. The Labute approximate surface area is 120 Å². The van der Waals surface area contributed by atoms with Crippen LogP contribution < -0.4 is 0 Å². The molecule has 0 amide bonds. The van der Waals surface area contributed by atoms with Crippen molar-refractivity contribution in [3.8, 4) is 0 Å². The molecule has 5 heteroatoms. The van der Waals surface area contributed by atoms with Gasteiger partial charge in [0, 0.05) is 6.54 Å². The van der Waals surface area contributed by atoms with Crippen molar-refractivity contribution in [1.82, 2.24) is 9.55 Å². The van der Waals surface area contributed by atoms with E-state index in [1.807, 2.05) is 35.8 Å². The fraction of sp³-hybridized carbons (Fsp3) is 0.125. The summed E-state index contributed by atoms with van der Waals surface area (Å²) >= 11 is 0. The number of para-hydroxylation sites is 2. The highest BCUT2D eigenvalue weighted by Crippen LogP contribution is 2.18. The molecule has 1 N–H and O–H groups in total. The van der Waals surface area contributed by atoms with Gasteiger partial charge in [-0.15, -0.1) is 0 Å². The van der Waals surface area contributed by atoms with E-state index in [9.17, 15) is 9.18 Å². The van der Waals surface area contributed by atoms with Gasteiger partial charge in [0.25, 0.3) is 0 Å². The molecule has 2 aromatic carbocycles. The quantitative estimate of drug-likeness (QED) is 0.803. The van der Waals surface area contributed by atoms with E-state index in [4.69, 9.17) is 5.11 Å². The lowest BCUT2D eigenvalue weighted by Gasteiger charge is -2.08. The summed E-state index contributed by atoms with van der Waals surface area (Å²) in [7, 11) is 0. The van der Waals surface area contributed by atoms with Gasteiger partial charge in [0.2, 0.25) is 0 Å². The maximum atomic E-state index is 13.5. The average Bonchev–Trinajstić information content (AvgIpc) is 2.75. The number of hydrogen-bond acceptors (Lipinski definition) is 2. The Bertz CT molecular complexity index is 839. The van der Waals surface area contributed by atoms with Crippen LogP contribution in [-0.4, -0.2) is 20.6 Å². The van der Waals surface area contributed by atoms with Crippen LogP contribution in [0.3, 0.4) is 0 Å². The molecule has 0 unspecified atom stereocenters. The van der Waals surface area contributed by atoms with E-state index in [0.717, 1.165) is 22.9 Å². The molecule has 0 aliphatic carbocycles. The molecule has 21 heavy (non-hydrogen) atoms. The van der Waals surface area contributed by atoms with E-state index in [2.05, 4.69) is 4.98 Å². The van der Waals surface area contributed by atoms with Crippen molar-refractivity contribution in [2.45, 2.75) is 13.5 Å². The first-order valence-corrected chi connectivity index (χ1v) is 6.49. The molecule has 1 heterocycles. The lowest BCUT2D eigenvalue weighted by molar-refractivity contribution is 0.0696. The number of carboxylic acids is 1. The summed E-state index contributed by atoms with van der Waals surface area (Å²) in [6.07, 6.45) is 0. The third kappa shape index (κ3) is 2.50. The van der Waals surface area contributed by atoms with Crippen LogP contribution in [-0.2, 0) is 6.54 Å². The number of carboxylic acid groups (broad SMARTS) is 1. The first-order chi connectivity index (χ1) is 10.0. The summed E-state index contributed by atoms with van der Waals surface area (Å²) in [6, 6.07) is 11.5. The molecular formula is C16H13FN2O2. The number of benzene rings is 2. The van der Waals surface area contributed by atoms with Gasteiger partial charge in [0.15, 0.2) is 0 Å². The fourth-order valence-corrected chi connectivity index (χ4v) is 2.44. The number of imidazole rings is 1. The predicted octanol–water partition coefficient (Wildman–Crippen LogP) is 3.23. The molecule has 3 rings (SSSR count). The van der Waals surface area contributed by atoms with Crippen molar-refractivity contribution in [2.75, 3.05) is 0 Å². The van der Waals surface area contributed by atoms with Gasteiger partial charge < -0.3 is 9.67 Å². The zero-order valence-electron chi connectivity index (χ0n) is 11.4. The molecule has 106 valence electrons. The van der Waals surface area contributed by atoms with Crippen molar-refractivity contribution in [3.05, 3.63) is 65.2 Å². The van der Waals surface area contributed by atoms with Gasteiger partial charge in [-0.2, -0.15) is 0 Å². The molecule has 0 saturated carbocycles. The minimum Gasteiger partial charge on any atom is -0.478 e. The lowest BCUT2D eigenvalue weighted by atomic mass is 10.1. The van der Waals surface area contributed by atoms with Gasteiger partial charge in [0.1, 0.15) is 11.6 Å². The number of aromatic carboxylic acids is 1. The van der Waals surface area contributed by atoms with E-state index in [0.29, 0.717) is 12.1 Å². The second kappa shape index (κ2) is 5.01. The standard InChI is InChI=1S/C16H13FN2O2/c1-10-18-14-4-2-3-5-15(14)19(10)9-11-6-12(16(20)21)8-13(17)7-11/h2-8H,9H2,1H3,(H,20,21). The van der Waals surface area contributed by atoms with Gasteiger partial charge in [0.05, 0.1) is 16.6 Å². The highest BCUT2D eigenvalue weighted by atomic mass is 19.1. The van der Waals surface area contributed by atoms with E-state index in [1.54, 1.807) is 0 Å². The van der Waals surface area contributed by atoms with Crippen molar-refractivity contribution < 1.29 is 14.3 Å². The predicted molar refractivity (Wildman–Crippen MR) is 76.9 cm³/mol. The fourth-order valence-electron chi connectivity index (χ4n) is 2.44. The molecule has 0 saturated heterocycles. The van der Waals surface area contributed by atoms with Crippen LogP contribution in [0.2, 0.25) is 0 Å². The Hall–Kier alpha value is -2.69. The number of rotatable bonds is 3. The molecule has 0 atom stereocenters. The first kappa shape index (κ1) is 13.3. The number of nitrogens with zero attached hydrogens (tertiary/aromatic N) is 2. The van der Waals surface area contributed by atoms with E-state index < -0.39 is 11.8 Å². The van der Waals surface area contributed by atoms with Gasteiger partial charge in [-0.3, -0.25) is 0 Å². The molecule has 0 fully saturated rings. The van der Waals surface area contributed by atoms with E-state index in [1.165, 1.54) is 12.1 Å². The van der Waals surface area contributed by atoms with E-state index >= 15 is 0 Å². The molecule has 0 bridgehead atoms. The van der Waals surface area contributed by atoms with Crippen molar-refractivity contribution in [3.63, 3.8) is 0 Å². The Morgan fingerprint density at radius 1 is 1.29 bits per heavy atom. The summed E-state index contributed by atoms with van der Waals surface area (Å²) in [5.41, 5.74) is 2.35. The normalized spacial score (nSPS) is 11.0. The summed E-state index contributed by atoms with van der Waals surface area (Å²) < 4.78 is 15.5. The summed E-state index contributed by atoms with van der Waals surface area (Å²) in [6.45, 7) is 2.25. The minimum absolute atomic E-state index is 0.0490. The average molecular weight is 284 g/mol. The number of halogens is 1. The van der Waals surface area contributed by atoms with Gasteiger partial charge >= 0.3 is 5.97 Å². The Morgan fingerprint density at radius 2 is 2.05 bits per heavy atom. The Balaban J connectivity index is 2.06. The zero-order chi connectivity index (χ0) is 15.0. The highest BCUT2D eigenvalue weighted by Gasteiger charge is 2.11. The van der Waals surface area contributed by atoms with E-state index in [-0.39, 0.29) is 5.56 Å². The topological polar surface area (TPSA) is 55.1 Å². The van der Waals surface area contributed by atoms with Gasteiger partial charge in [-0.1, -0.05) is 12.1 Å². The number of aryl methyl sites for hydroxylation is 1. The smallest absolute Gasteiger partial charge is 0.335 e. The van der Waals surface area contributed by atoms with Crippen molar-refractivity contribution in [1.29, 1.82) is 0 Å². The molecule has 0 radical (unpaired) electrons. The van der Waals surface area contributed by atoms with Crippen LogP contribution in [0.15, 0.2) is 42.5 Å². The molecular weight excluding hydrogens is 271 g/mol. The SMILES string of the molecule is Cc1nc2ccccc2n1Cc1cc(F)cc(C(=O)O)c1. The largest absolute Gasteiger partial charge is 0.478 e. The number of hydrogen-bond donors (Lipinski definition) is 1. The summed E-state index contributed by atoms with van der Waals surface area (Å²) in [5, 5.41) is 9.00. The molecule has 1 aromatic heterocycles. The van der Waals surface area contributed by atoms with Crippen LogP contribution >= 0.6 is 0 Å². The molecule has 4 nitrogen and oxygen atoms in total. The Morgan fingerprint density at radius 3 is 2.81 bits per heavy atom. The zero-order valence-corrected chi connectivity index (χ0v) is 11.4. The van der Waals surface area contributed by atoms with Crippen LogP contribution in [0.1, 0.15) is 21.7 Å². The van der Waals surface area contributed by atoms with Crippen LogP contribution in [0.5, 0.6) is 0 Å². The summed E-state index contributed by atoms with van der Waals surface area (Å²) in [4.78, 5) is 15.4. The van der Waals surface area contributed by atoms with Crippen molar-refractivity contribution in [2.24, 2.45) is 0 Å². The number of fused-ring (bicyclic) bond motifs is 1. The van der Waals surface area contributed by atoms with Crippen LogP contribution in [0, 0.1) is 12.7 Å². The number of aromatic nitrogens is 2. The second-order valence-electron chi connectivity index (χ2n) is 4.89. The maximum Gasteiger partial charge on any atom is 0.335 e. The van der Waals surface area contributed by atoms with Gasteiger partial charge in [-0.05, 0) is 42.8 Å². The molecule has 0 spiro atoms. The monoisotopic (exact) mass is 284 g/mol. The third-order valence-corrected chi connectivity index (χ3v) is 3.39. The van der Waals surface area contributed by atoms with Gasteiger partial charge in [-0.25, -0.2) is 14.2 Å². The van der Waals surface area contributed by atoms with Crippen molar-refractivity contribution >= 4 is 17.0 Å². The molecule has 0 aliphatic heterocycles. The molecule has 3 aromatic rings. The number of carbonyl (C=O) groups is 1. The second-order valence-corrected chi connectivity index (χ2v) is 4.89. The van der Waals surface area contributed by atoms with Crippen LogP contribution in [0.25, 0.3) is 11.0 Å². The maximum absolute atomic E-state index is 13.5. The molecule has 0 aliphatic rings. The van der Waals surface area contributed by atoms with Crippen LogP contribution in [0.4, 0.5) is 4.39 Å². The highest BCUT2D eigenvalue weighted by molar-refractivity contribution is 5.87. The Kier molecular flexibility index (Phi) is 3.17.